The summed E-state index contributed by atoms with van der Waals surface area (Å²) in [5.41, 5.74) is 2.59. The number of para-hydroxylation sites is 1. The molecule has 0 radical (unpaired) electrons. The standard InChI is InChI=1S/C37H41N5O7S.2ClH/c1-23-28(35(37(46)47)40-34(23)32(24(2)43)36(40)45)21-39-29-10-6-9-27-25(11-12-30(33(27)29)50(39,48)49)13-14-41-15-18-42(19-16-41,20-17-41)22-31(44)38-26-7-4-3-5-8-26;;/h3-12,23-24,32,34,43H,13-22H2,1-2H3;2*1H/t23-,24+,32+,34+,41?,42?;;/m0../s1. The highest BCUT2D eigenvalue weighted by molar-refractivity contribution is 7.93. The highest BCUT2D eigenvalue weighted by Gasteiger charge is 2.60. The Morgan fingerprint density at radius 3 is 2.23 bits per heavy atom. The van der Waals surface area contributed by atoms with E-state index < -0.39 is 45.9 Å². The number of amides is 2. The van der Waals surface area contributed by atoms with Crippen molar-refractivity contribution in [2.24, 2.45) is 11.8 Å². The van der Waals surface area contributed by atoms with Gasteiger partial charge in [-0.3, -0.25) is 13.9 Å². The van der Waals surface area contributed by atoms with E-state index in [-0.39, 0.29) is 47.9 Å². The van der Waals surface area contributed by atoms with Gasteiger partial charge in [0, 0.05) is 23.4 Å². The van der Waals surface area contributed by atoms with Crippen molar-refractivity contribution >= 4 is 50.0 Å². The summed E-state index contributed by atoms with van der Waals surface area (Å²) in [4.78, 5) is 39.7. The number of aliphatic hydroxyl groups excluding tert-OH is 1. The van der Waals surface area contributed by atoms with Crippen LogP contribution in [0.15, 0.2) is 76.8 Å². The SMILES string of the molecule is C[C@@H](O)[C@H]1C(=O)N2C(C(=O)O)=C(CN3c4cccc5c(CC[N+]67CC[N+](CC(=O)Nc8ccccc8)(CC6)CC7)ccc(c45)S3(=O)=O)[C@H](C)[C@H]12.[Cl-].[Cl-]. The van der Waals surface area contributed by atoms with Crippen LogP contribution >= 0.6 is 0 Å². The van der Waals surface area contributed by atoms with Crippen molar-refractivity contribution in [1.29, 1.82) is 0 Å². The first kappa shape index (κ1) is 38.0. The molecule has 3 aromatic carbocycles. The number of benzene rings is 3. The van der Waals surface area contributed by atoms with Crippen LogP contribution in [0, 0.1) is 11.8 Å². The Hall–Kier alpha value is -3.72. The molecule has 3 N–H and O–H groups in total. The number of quaternary nitrogens is 2. The van der Waals surface area contributed by atoms with Gasteiger partial charge in [-0.1, -0.05) is 43.3 Å². The van der Waals surface area contributed by atoms with Crippen LogP contribution in [0.3, 0.4) is 0 Å². The molecule has 0 aliphatic carbocycles. The molecule has 4 fully saturated rings. The molecule has 3 aromatic rings. The highest BCUT2D eigenvalue weighted by Crippen LogP contribution is 2.50. The largest absolute Gasteiger partial charge is 1.00 e. The van der Waals surface area contributed by atoms with E-state index in [9.17, 15) is 33.0 Å². The molecule has 0 spiro atoms. The molecule has 15 heteroatoms. The van der Waals surface area contributed by atoms with Crippen molar-refractivity contribution in [3.8, 4) is 0 Å². The van der Waals surface area contributed by atoms with Crippen LogP contribution in [0.5, 0.6) is 0 Å². The van der Waals surface area contributed by atoms with E-state index in [1.54, 1.807) is 19.1 Å². The Labute approximate surface area is 315 Å². The lowest BCUT2D eigenvalue weighted by atomic mass is 9.78. The van der Waals surface area contributed by atoms with Crippen molar-refractivity contribution in [2.75, 3.05) is 68.5 Å². The van der Waals surface area contributed by atoms with Crippen LogP contribution in [0.4, 0.5) is 11.4 Å². The van der Waals surface area contributed by atoms with Gasteiger partial charge in [-0.05, 0) is 47.7 Å². The van der Waals surface area contributed by atoms with Crippen molar-refractivity contribution < 1.29 is 66.8 Å². The summed E-state index contributed by atoms with van der Waals surface area (Å²) >= 11 is 0. The topological polar surface area (TPSA) is 144 Å². The van der Waals surface area contributed by atoms with Gasteiger partial charge in [0.05, 0.1) is 41.7 Å². The first-order valence-electron chi connectivity index (χ1n) is 17.4. The predicted octanol–water partition coefficient (Wildman–Crippen LogP) is -3.61. The molecule has 0 saturated carbocycles. The fourth-order valence-corrected chi connectivity index (χ4v) is 11.1. The number of nitrogens with one attached hydrogen (secondary N) is 1. The lowest BCUT2D eigenvalue weighted by Gasteiger charge is -2.55. The number of carboxylic acid groups (broad SMARTS) is 1. The molecule has 6 aliphatic heterocycles. The van der Waals surface area contributed by atoms with Gasteiger partial charge >= 0.3 is 5.97 Å². The maximum Gasteiger partial charge on any atom is 0.352 e. The Kier molecular flexibility index (Phi) is 9.95. The number of aliphatic carboxylic acids is 1. The molecule has 4 atom stereocenters. The van der Waals surface area contributed by atoms with E-state index in [1.807, 2.05) is 48.5 Å². The van der Waals surface area contributed by atoms with Gasteiger partial charge in [0.15, 0.2) is 6.54 Å². The average molecular weight is 773 g/mol. The second-order valence-electron chi connectivity index (χ2n) is 14.9. The molecular weight excluding hydrogens is 729 g/mol. The third-order valence-electron chi connectivity index (χ3n) is 12.3. The fourth-order valence-electron chi connectivity index (χ4n) is 9.38. The number of nitrogens with zero attached hydrogens (tertiary/aromatic N) is 4. The fraction of sp³-hybridized carbons (Fsp3) is 0.432. The lowest BCUT2D eigenvalue weighted by Crippen LogP contribution is -3.00. The van der Waals surface area contributed by atoms with Crippen molar-refractivity contribution in [3.05, 3.63) is 77.5 Å². The maximum atomic E-state index is 14.1. The molecule has 12 nitrogen and oxygen atoms in total. The number of carbonyl (C=O) groups is 3. The number of hydrogen-bond acceptors (Lipinski definition) is 6. The van der Waals surface area contributed by atoms with Crippen molar-refractivity contribution in [3.63, 3.8) is 0 Å². The number of aliphatic hydroxyl groups is 1. The van der Waals surface area contributed by atoms with Gasteiger partial charge in [0.2, 0.25) is 5.91 Å². The summed E-state index contributed by atoms with van der Waals surface area (Å²) in [6, 6.07) is 18.2. The number of halogens is 2. The van der Waals surface area contributed by atoms with Gasteiger partial charge in [0.25, 0.3) is 15.9 Å². The van der Waals surface area contributed by atoms with Gasteiger partial charge in [-0.15, -0.1) is 0 Å². The number of fused-ring (bicyclic) bond motifs is 4. The maximum absolute atomic E-state index is 14.1. The number of β-lactam (4-membered cyclic amide) rings is 1. The molecule has 52 heavy (non-hydrogen) atoms. The van der Waals surface area contributed by atoms with Crippen LogP contribution in [-0.4, -0.2) is 121 Å². The number of rotatable bonds is 10. The summed E-state index contributed by atoms with van der Waals surface area (Å²) in [6.45, 7) is 10.4. The minimum absolute atomic E-state index is 0. The molecule has 6 aliphatic rings. The number of carboxylic acids is 1. The number of carbonyl (C=O) groups excluding carboxylic acids is 2. The molecular formula is C37H43Cl2N5O7S. The van der Waals surface area contributed by atoms with Gasteiger partial charge in [0.1, 0.15) is 45.0 Å². The Balaban J connectivity index is 0.00000232. The van der Waals surface area contributed by atoms with Gasteiger partial charge in [-0.25, -0.2) is 13.2 Å². The van der Waals surface area contributed by atoms with Crippen molar-refractivity contribution in [2.45, 2.75) is 37.3 Å². The average Bonchev–Trinajstić information content (AvgIpc) is 3.46. The monoisotopic (exact) mass is 771 g/mol. The molecule has 2 bridgehead atoms. The Morgan fingerprint density at radius 2 is 1.60 bits per heavy atom. The van der Waals surface area contributed by atoms with Crippen LogP contribution in [0.2, 0.25) is 0 Å². The molecule has 9 rings (SSSR count). The number of anilines is 2. The zero-order valence-electron chi connectivity index (χ0n) is 29.0. The normalized spacial score (nSPS) is 28.5. The second-order valence-corrected chi connectivity index (χ2v) is 16.8. The highest BCUT2D eigenvalue weighted by atomic mass is 35.5. The van der Waals surface area contributed by atoms with Crippen LogP contribution in [0.1, 0.15) is 19.4 Å². The second kappa shape index (κ2) is 13.6. The number of piperazine rings is 3. The zero-order valence-corrected chi connectivity index (χ0v) is 31.4. The minimum atomic E-state index is -4.00. The van der Waals surface area contributed by atoms with E-state index in [0.717, 1.165) is 77.8 Å². The molecule has 6 heterocycles. The summed E-state index contributed by atoms with van der Waals surface area (Å²) < 4.78 is 31.3. The Morgan fingerprint density at radius 1 is 0.942 bits per heavy atom. The van der Waals surface area contributed by atoms with E-state index in [2.05, 4.69) is 5.32 Å². The first-order valence-corrected chi connectivity index (χ1v) is 18.9. The first-order chi connectivity index (χ1) is 23.8. The predicted molar refractivity (Wildman–Crippen MR) is 186 cm³/mol. The van der Waals surface area contributed by atoms with Crippen LogP contribution in [-0.2, 0) is 30.8 Å². The lowest BCUT2D eigenvalue weighted by molar-refractivity contribution is -1.08. The smallest absolute Gasteiger partial charge is 0.352 e. The zero-order chi connectivity index (χ0) is 35.2. The molecule has 0 aromatic heterocycles. The number of sulfonamides is 1. The van der Waals surface area contributed by atoms with Gasteiger partial charge < -0.3 is 54.2 Å². The van der Waals surface area contributed by atoms with E-state index in [1.165, 1.54) is 16.1 Å². The number of hydrogen-bond donors (Lipinski definition) is 3. The Bertz CT molecular complexity index is 2070. The summed E-state index contributed by atoms with van der Waals surface area (Å²) in [6.07, 6.45) is -0.166. The summed E-state index contributed by atoms with van der Waals surface area (Å²) in [5, 5.41) is 25.0. The van der Waals surface area contributed by atoms with E-state index in [0.29, 0.717) is 23.2 Å². The minimum Gasteiger partial charge on any atom is -1.00 e. The van der Waals surface area contributed by atoms with E-state index >= 15 is 0 Å². The van der Waals surface area contributed by atoms with Crippen molar-refractivity contribution in [1.82, 2.24) is 4.90 Å². The summed E-state index contributed by atoms with van der Waals surface area (Å²) in [7, 11) is -4.00. The van der Waals surface area contributed by atoms with Crippen LogP contribution in [0.25, 0.3) is 10.8 Å². The van der Waals surface area contributed by atoms with Crippen LogP contribution < -0.4 is 34.4 Å². The molecule has 4 saturated heterocycles. The van der Waals surface area contributed by atoms with Gasteiger partial charge in [-0.2, -0.15) is 0 Å². The molecule has 0 unspecified atom stereocenters. The third kappa shape index (κ3) is 5.86. The molecule has 2 amide bonds. The third-order valence-corrected chi connectivity index (χ3v) is 14.1. The quantitative estimate of drug-likeness (QED) is 0.143. The van der Waals surface area contributed by atoms with E-state index in [4.69, 9.17) is 0 Å². The molecule has 278 valence electrons. The summed E-state index contributed by atoms with van der Waals surface area (Å²) in [5.74, 6) is -2.84.